The van der Waals surface area contributed by atoms with Gasteiger partial charge in [0.05, 0.1) is 6.54 Å². The van der Waals surface area contributed by atoms with Crippen molar-refractivity contribution < 1.29 is 4.98 Å². The van der Waals surface area contributed by atoms with E-state index in [4.69, 9.17) is 17.3 Å². The molecule has 2 aromatic rings. The summed E-state index contributed by atoms with van der Waals surface area (Å²) in [6, 6.07) is 7.52. The predicted octanol–water partition coefficient (Wildman–Crippen LogP) is 2.16. The smallest absolute Gasteiger partial charge is 0.334 e. The van der Waals surface area contributed by atoms with Crippen LogP contribution in [0.25, 0.3) is 0 Å². The van der Waals surface area contributed by atoms with E-state index in [9.17, 15) is 4.79 Å². The van der Waals surface area contributed by atoms with Crippen LogP contribution in [0.2, 0.25) is 5.02 Å². The summed E-state index contributed by atoms with van der Waals surface area (Å²) in [4.78, 5) is 17.6. The normalized spacial score (nSPS) is 10.8. The minimum absolute atomic E-state index is 0.140. The quantitative estimate of drug-likeness (QED) is 0.807. The minimum Gasteiger partial charge on any atom is -0.388 e. The van der Waals surface area contributed by atoms with Gasteiger partial charge in [-0.25, -0.2) is 14.8 Å². The maximum absolute atomic E-state index is 11.8. The van der Waals surface area contributed by atoms with E-state index < -0.39 is 0 Å². The van der Waals surface area contributed by atoms with Gasteiger partial charge >= 0.3 is 5.56 Å². The molecule has 1 aromatic heterocycles. The topological polar surface area (TPSA) is 85.0 Å². The Morgan fingerprint density at radius 2 is 2.10 bits per heavy atom. The van der Waals surface area contributed by atoms with E-state index in [0.29, 0.717) is 17.4 Å². The molecular formula is C14H18ClN4O+. The number of nitrogens with one attached hydrogen (secondary N) is 3. The number of rotatable bonds is 4. The van der Waals surface area contributed by atoms with E-state index >= 15 is 0 Å². The van der Waals surface area contributed by atoms with Crippen molar-refractivity contribution in [2.24, 2.45) is 0 Å². The predicted molar refractivity (Wildman–Crippen MR) is 80.9 cm³/mol. The summed E-state index contributed by atoms with van der Waals surface area (Å²) in [5, 5.41) is 3.79. The highest BCUT2D eigenvalue weighted by Crippen LogP contribution is 2.17. The van der Waals surface area contributed by atoms with Crippen LogP contribution in [0.4, 0.5) is 11.5 Å². The van der Waals surface area contributed by atoms with Gasteiger partial charge in [-0.1, -0.05) is 43.6 Å². The monoisotopic (exact) mass is 293 g/mol. The van der Waals surface area contributed by atoms with Crippen LogP contribution in [0.1, 0.15) is 31.2 Å². The van der Waals surface area contributed by atoms with Crippen molar-refractivity contribution in [3.05, 3.63) is 51.0 Å². The van der Waals surface area contributed by atoms with Crippen LogP contribution >= 0.6 is 11.6 Å². The number of hydrogen-bond acceptors (Lipinski definition) is 3. The molecule has 1 heterocycles. The van der Waals surface area contributed by atoms with Crippen molar-refractivity contribution >= 4 is 23.1 Å². The van der Waals surface area contributed by atoms with Gasteiger partial charge in [-0.05, 0) is 6.07 Å². The minimum atomic E-state index is -0.297. The fourth-order valence-corrected chi connectivity index (χ4v) is 1.99. The van der Waals surface area contributed by atoms with E-state index in [2.05, 4.69) is 15.3 Å². The second-order valence-corrected chi connectivity index (χ2v) is 5.29. The first-order valence-electron chi connectivity index (χ1n) is 6.41. The summed E-state index contributed by atoms with van der Waals surface area (Å²) in [5.74, 6) is 1.41. The van der Waals surface area contributed by atoms with Crippen molar-refractivity contribution in [1.82, 2.24) is 4.98 Å². The molecule has 0 aliphatic heterocycles. The highest BCUT2D eigenvalue weighted by Gasteiger charge is 2.15. The molecule has 0 atom stereocenters. The van der Waals surface area contributed by atoms with Gasteiger partial charge in [-0.2, -0.15) is 0 Å². The van der Waals surface area contributed by atoms with Crippen molar-refractivity contribution in [2.75, 3.05) is 11.1 Å². The Bertz CT molecular complexity index is 666. The van der Waals surface area contributed by atoms with Crippen molar-refractivity contribution in [3.63, 3.8) is 0 Å². The Kier molecular flexibility index (Phi) is 4.29. The molecule has 0 aliphatic carbocycles. The number of hydrogen-bond donors (Lipinski definition) is 3. The van der Waals surface area contributed by atoms with Crippen LogP contribution in [-0.2, 0) is 6.54 Å². The number of H-pyrrole nitrogens is 2. The number of nitrogen functional groups attached to an aromatic ring is 1. The molecule has 0 saturated heterocycles. The van der Waals surface area contributed by atoms with Crippen LogP contribution in [0.3, 0.4) is 0 Å². The average Bonchev–Trinajstić information content (AvgIpc) is 2.41. The van der Waals surface area contributed by atoms with Crippen LogP contribution in [-0.4, -0.2) is 4.98 Å². The molecule has 0 amide bonds. The fraction of sp³-hybridized carbons (Fsp3) is 0.286. The van der Waals surface area contributed by atoms with Crippen LogP contribution < -0.4 is 21.6 Å². The molecule has 0 fully saturated rings. The maximum Gasteiger partial charge on any atom is 0.334 e. The van der Waals surface area contributed by atoms with Crippen molar-refractivity contribution in [2.45, 2.75) is 26.3 Å². The Morgan fingerprint density at radius 3 is 2.75 bits per heavy atom. The SMILES string of the molecule is CC(C)c1[nH]c(=O)c(N)c(NCc2ccccc2Cl)[nH+]1. The third kappa shape index (κ3) is 3.11. The lowest BCUT2D eigenvalue weighted by atomic mass is 10.2. The van der Waals surface area contributed by atoms with Gasteiger partial charge in [0.25, 0.3) is 0 Å². The zero-order chi connectivity index (χ0) is 14.7. The summed E-state index contributed by atoms with van der Waals surface area (Å²) < 4.78 is 0. The molecule has 5 N–H and O–H groups in total. The van der Waals surface area contributed by atoms with Crippen molar-refractivity contribution in [3.8, 4) is 0 Å². The molecule has 0 saturated carbocycles. The lowest BCUT2D eigenvalue weighted by molar-refractivity contribution is -0.381. The maximum atomic E-state index is 11.8. The summed E-state index contributed by atoms with van der Waals surface area (Å²) in [5.41, 5.74) is 6.56. The average molecular weight is 294 g/mol. The van der Waals surface area contributed by atoms with Gasteiger partial charge < -0.3 is 5.73 Å². The first-order valence-corrected chi connectivity index (χ1v) is 6.79. The molecule has 106 valence electrons. The Morgan fingerprint density at radius 1 is 1.40 bits per heavy atom. The number of aromatic amines is 2. The Labute approximate surface area is 122 Å². The second kappa shape index (κ2) is 5.96. The zero-order valence-electron chi connectivity index (χ0n) is 11.5. The van der Waals surface area contributed by atoms with Gasteiger partial charge in [-0.3, -0.25) is 5.32 Å². The van der Waals surface area contributed by atoms with Gasteiger partial charge in [0, 0.05) is 16.5 Å². The molecule has 6 heteroatoms. The summed E-state index contributed by atoms with van der Waals surface area (Å²) in [6.07, 6.45) is 0. The van der Waals surface area contributed by atoms with E-state index in [-0.39, 0.29) is 17.2 Å². The van der Waals surface area contributed by atoms with E-state index in [1.54, 1.807) is 0 Å². The molecule has 0 radical (unpaired) electrons. The molecule has 5 nitrogen and oxygen atoms in total. The van der Waals surface area contributed by atoms with Gasteiger partial charge in [0.2, 0.25) is 11.6 Å². The summed E-state index contributed by atoms with van der Waals surface area (Å²) in [7, 11) is 0. The molecule has 0 bridgehead atoms. The van der Waals surface area contributed by atoms with E-state index in [1.807, 2.05) is 38.1 Å². The van der Waals surface area contributed by atoms with E-state index in [1.165, 1.54) is 0 Å². The molecular weight excluding hydrogens is 276 g/mol. The zero-order valence-corrected chi connectivity index (χ0v) is 12.2. The number of anilines is 2. The summed E-state index contributed by atoms with van der Waals surface area (Å²) in [6.45, 7) is 4.45. The highest BCUT2D eigenvalue weighted by atomic mass is 35.5. The first-order chi connectivity index (χ1) is 9.49. The standard InChI is InChI=1S/C14H17ClN4O/c1-8(2)12-18-13(11(16)14(20)19-12)17-7-9-5-3-4-6-10(9)15/h3-6,8H,7,16H2,1-2H3,(H2,17,18,19,20)/p+1. The van der Waals surface area contributed by atoms with Gasteiger partial charge in [-0.15, -0.1) is 0 Å². The number of nitrogens with two attached hydrogens (primary N) is 1. The molecule has 2 rings (SSSR count). The fourth-order valence-electron chi connectivity index (χ4n) is 1.79. The third-order valence-corrected chi connectivity index (χ3v) is 3.38. The molecule has 20 heavy (non-hydrogen) atoms. The van der Waals surface area contributed by atoms with Gasteiger partial charge in [0.15, 0.2) is 5.69 Å². The highest BCUT2D eigenvalue weighted by molar-refractivity contribution is 6.31. The molecule has 0 unspecified atom stereocenters. The van der Waals surface area contributed by atoms with E-state index in [0.717, 1.165) is 11.4 Å². The Balaban J connectivity index is 2.25. The van der Waals surface area contributed by atoms with Crippen molar-refractivity contribution in [1.29, 1.82) is 0 Å². The third-order valence-electron chi connectivity index (χ3n) is 3.01. The summed E-state index contributed by atoms with van der Waals surface area (Å²) >= 11 is 6.09. The number of benzene rings is 1. The molecule has 0 aliphatic rings. The van der Waals surface area contributed by atoms with Crippen LogP contribution in [0.5, 0.6) is 0 Å². The second-order valence-electron chi connectivity index (χ2n) is 4.88. The Hall–Kier alpha value is -2.01. The number of aromatic nitrogens is 2. The van der Waals surface area contributed by atoms with Crippen LogP contribution in [0.15, 0.2) is 29.1 Å². The number of halogens is 1. The first kappa shape index (κ1) is 14.4. The molecule has 1 aromatic carbocycles. The van der Waals surface area contributed by atoms with Crippen LogP contribution in [0, 0.1) is 0 Å². The van der Waals surface area contributed by atoms with Gasteiger partial charge in [0.1, 0.15) is 0 Å². The largest absolute Gasteiger partial charge is 0.388 e. The molecule has 0 spiro atoms. The lowest BCUT2D eigenvalue weighted by Crippen LogP contribution is -2.29. The lowest BCUT2D eigenvalue weighted by Gasteiger charge is -2.07.